The first kappa shape index (κ1) is 13.4. The molecule has 5 heteroatoms. The Morgan fingerprint density at radius 2 is 2.00 bits per heavy atom. The second-order valence-electron chi connectivity index (χ2n) is 5.56. The van der Waals surface area contributed by atoms with E-state index in [0.29, 0.717) is 6.54 Å². The molecule has 5 nitrogen and oxygen atoms in total. The molecule has 1 aromatic carbocycles. The third-order valence-electron chi connectivity index (χ3n) is 4.23. The lowest BCUT2D eigenvalue weighted by atomic mass is 10.1. The molecule has 1 heterocycles. The molecule has 2 fully saturated rings. The van der Waals surface area contributed by atoms with Crippen LogP contribution in [0.4, 0.5) is 11.4 Å². The minimum atomic E-state index is -0.321. The average molecular weight is 275 g/mol. The lowest BCUT2D eigenvalue weighted by Gasteiger charge is -2.30. The topological polar surface area (TPSA) is 67.6 Å². The first-order valence-electron chi connectivity index (χ1n) is 7.18. The Kier molecular flexibility index (Phi) is 3.63. The molecule has 1 aliphatic carbocycles. The van der Waals surface area contributed by atoms with Crippen molar-refractivity contribution in [3.05, 3.63) is 24.3 Å². The van der Waals surface area contributed by atoms with Crippen LogP contribution in [0.3, 0.4) is 0 Å². The monoisotopic (exact) mass is 275 g/mol. The molecule has 0 unspecified atom stereocenters. The molecule has 3 N–H and O–H groups in total. The number of hydrogen-bond acceptors (Lipinski definition) is 4. The number of para-hydroxylation sites is 2. The summed E-state index contributed by atoms with van der Waals surface area (Å²) < 4.78 is 5.38. The molecular weight excluding hydrogens is 254 g/mol. The Morgan fingerprint density at radius 3 is 2.65 bits per heavy atom. The zero-order valence-corrected chi connectivity index (χ0v) is 11.6. The van der Waals surface area contributed by atoms with Gasteiger partial charge in [-0.1, -0.05) is 12.1 Å². The number of nitrogens with zero attached hydrogens (tertiary/aromatic N) is 1. The van der Waals surface area contributed by atoms with Crippen LogP contribution in [-0.2, 0) is 9.53 Å². The van der Waals surface area contributed by atoms with Gasteiger partial charge in [-0.05, 0) is 25.0 Å². The van der Waals surface area contributed by atoms with Crippen molar-refractivity contribution in [3.8, 4) is 0 Å². The van der Waals surface area contributed by atoms with Gasteiger partial charge in [0.1, 0.15) is 0 Å². The van der Waals surface area contributed by atoms with E-state index < -0.39 is 0 Å². The molecule has 1 aliphatic heterocycles. The van der Waals surface area contributed by atoms with Crippen molar-refractivity contribution < 1.29 is 9.53 Å². The molecular formula is C15H21N3O2. The molecule has 20 heavy (non-hydrogen) atoms. The lowest BCUT2D eigenvalue weighted by Crippen LogP contribution is -2.37. The highest BCUT2D eigenvalue weighted by molar-refractivity contribution is 5.99. The molecule has 0 bridgehead atoms. The van der Waals surface area contributed by atoms with E-state index >= 15 is 0 Å². The van der Waals surface area contributed by atoms with Crippen LogP contribution in [0, 0.1) is 5.41 Å². The summed E-state index contributed by atoms with van der Waals surface area (Å²) in [5, 5.41) is 3.06. The quantitative estimate of drug-likeness (QED) is 0.866. The van der Waals surface area contributed by atoms with Gasteiger partial charge >= 0.3 is 0 Å². The molecule has 1 aromatic rings. The van der Waals surface area contributed by atoms with Crippen LogP contribution in [0.2, 0.25) is 0 Å². The van der Waals surface area contributed by atoms with E-state index in [0.717, 1.165) is 50.5 Å². The van der Waals surface area contributed by atoms with Crippen LogP contribution in [0.15, 0.2) is 24.3 Å². The van der Waals surface area contributed by atoms with Gasteiger partial charge < -0.3 is 20.7 Å². The Morgan fingerprint density at radius 1 is 1.30 bits per heavy atom. The maximum absolute atomic E-state index is 12.3. The van der Waals surface area contributed by atoms with Crippen LogP contribution in [0.25, 0.3) is 0 Å². The second kappa shape index (κ2) is 5.42. The van der Waals surface area contributed by atoms with E-state index in [9.17, 15) is 4.79 Å². The fourth-order valence-corrected chi connectivity index (χ4v) is 2.59. The zero-order valence-electron chi connectivity index (χ0n) is 11.6. The first-order valence-corrected chi connectivity index (χ1v) is 7.18. The minimum Gasteiger partial charge on any atom is -0.378 e. The van der Waals surface area contributed by atoms with Crippen LogP contribution in [-0.4, -0.2) is 38.8 Å². The van der Waals surface area contributed by atoms with Gasteiger partial charge in [0.2, 0.25) is 5.91 Å². The first-order chi connectivity index (χ1) is 9.75. The summed E-state index contributed by atoms with van der Waals surface area (Å²) in [7, 11) is 0. The Hall–Kier alpha value is -1.59. The fraction of sp³-hybridized carbons (Fsp3) is 0.533. The highest BCUT2D eigenvalue weighted by atomic mass is 16.5. The van der Waals surface area contributed by atoms with Gasteiger partial charge in [0.15, 0.2) is 0 Å². The van der Waals surface area contributed by atoms with Crippen molar-refractivity contribution in [2.45, 2.75) is 12.8 Å². The second-order valence-corrected chi connectivity index (χ2v) is 5.56. The number of amides is 1. The van der Waals surface area contributed by atoms with Crippen molar-refractivity contribution in [2.24, 2.45) is 11.1 Å². The van der Waals surface area contributed by atoms with E-state index in [1.807, 2.05) is 24.3 Å². The highest BCUT2D eigenvalue weighted by Gasteiger charge is 2.48. The molecule has 1 amide bonds. The predicted molar refractivity (Wildman–Crippen MR) is 78.8 cm³/mol. The maximum Gasteiger partial charge on any atom is 0.231 e. The molecule has 0 aromatic heterocycles. The van der Waals surface area contributed by atoms with E-state index in [2.05, 4.69) is 10.2 Å². The van der Waals surface area contributed by atoms with Crippen LogP contribution >= 0.6 is 0 Å². The van der Waals surface area contributed by atoms with E-state index in [4.69, 9.17) is 10.5 Å². The highest BCUT2D eigenvalue weighted by Crippen LogP contribution is 2.45. The summed E-state index contributed by atoms with van der Waals surface area (Å²) in [5.74, 6) is 0.0562. The largest absolute Gasteiger partial charge is 0.378 e. The smallest absolute Gasteiger partial charge is 0.231 e. The van der Waals surface area contributed by atoms with Crippen molar-refractivity contribution in [2.75, 3.05) is 43.1 Å². The number of nitrogens with one attached hydrogen (secondary N) is 1. The van der Waals surface area contributed by atoms with Gasteiger partial charge in [0, 0.05) is 19.6 Å². The van der Waals surface area contributed by atoms with Gasteiger partial charge in [-0.2, -0.15) is 0 Å². The van der Waals surface area contributed by atoms with Gasteiger partial charge in [-0.3, -0.25) is 4.79 Å². The van der Waals surface area contributed by atoms with E-state index in [1.165, 1.54) is 0 Å². The number of hydrogen-bond donors (Lipinski definition) is 2. The summed E-state index contributed by atoms with van der Waals surface area (Å²) in [6.45, 7) is 3.60. The third kappa shape index (κ3) is 2.51. The van der Waals surface area contributed by atoms with Crippen LogP contribution in [0.1, 0.15) is 12.8 Å². The molecule has 0 radical (unpaired) electrons. The SMILES string of the molecule is NCC1(C(=O)Nc2ccccc2N2CCOCC2)CC1. The van der Waals surface area contributed by atoms with Crippen molar-refractivity contribution >= 4 is 17.3 Å². The van der Waals surface area contributed by atoms with Gasteiger partial charge in [0.05, 0.1) is 30.0 Å². The van der Waals surface area contributed by atoms with Gasteiger partial charge in [-0.15, -0.1) is 0 Å². The van der Waals surface area contributed by atoms with Crippen molar-refractivity contribution in [1.29, 1.82) is 0 Å². The predicted octanol–water partition coefficient (Wildman–Crippen LogP) is 1.20. The lowest BCUT2D eigenvalue weighted by molar-refractivity contribution is -0.120. The summed E-state index contributed by atoms with van der Waals surface area (Å²) in [4.78, 5) is 14.6. The molecule has 1 saturated heterocycles. The fourth-order valence-electron chi connectivity index (χ4n) is 2.59. The maximum atomic E-state index is 12.3. The normalized spacial score (nSPS) is 20.6. The van der Waals surface area contributed by atoms with E-state index in [-0.39, 0.29) is 11.3 Å². The minimum absolute atomic E-state index is 0.0562. The Bertz CT molecular complexity index is 494. The number of carbonyl (C=O) groups is 1. The van der Waals surface area contributed by atoms with E-state index in [1.54, 1.807) is 0 Å². The molecule has 3 rings (SSSR count). The summed E-state index contributed by atoms with van der Waals surface area (Å²) in [5.41, 5.74) is 7.34. The summed E-state index contributed by atoms with van der Waals surface area (Å²) >= 11 is 0. The summed E-state index contributed by atoms with van der Waals surface area (Å²) in [6.07, 6.45) is 1.80. The standard InChI is InChI=1S/C15H21N3O2/c16-11-15(5-6-15)14(19)17-12-3-1-2-4-13(12)18-7-9-20-10-8-18/h1-4H,5-11,16H2,(H,17,19). The van der Waals surface area contributed by atoms with Crippen LogP contribution in [0.5, 0.6) is 0 Å². The molecule has 0 atom stereocenters. The number of benzene rings is 1. The van der Waals surface area contributed by atoms with Gasteiger partial charge in [0.25, 0.3) is 0 Å². The number of ether oxygens (including phenoxy) is 1. The van der Waals surface area contributed by atoms with Crippen molar-refractivity contribution in [3.63, 3.8) is 0 Å². The number of rotatable bonds is 4. The zero-order chi connectivity index (χ0) is 14.0. The van der Waals surface area contributed by atoms with Crippen molar-refractivity contribution in [1.82, 2.24) is 0 Å². The number of morpholine rings is 1. The van der Waals surface area contributed by atoms with Crippen LogP contribution < -0.4 is 16.0 Å². The molecule has 1 saturated carbocycles. The Balaban J connectivity index is 1.77. The number of anilines is 2. The number of nitrogens with two attached hydrogens (primary N) is 1. The average Bonchev–Trinajstić information content (AvgIpc) is 3.30. The Labute approximate surface area is 119 Å². The summed E-state index contributed by atoms with van der Waals surface area (Å²) in [6, 6.07) is 7.94. The molecule has 0 spiro atoms. The third-order valence-corrected chi connectivity index (χ3v) is 4.23. The number of carbonyl (C=O) groups excluding carboxylic acids is 1. The molecule has 108 valence electrons. The van der Waals surface area contributed by atoms with Gasteiger partial charge in [-0.25, -0.2) is 0 Å². The molecule has 2 aliphatic rings.